The first kappa shape index (κ1) is 20.2. The molecule has 3 rings (SSSR count). The Morgan fingerprint density at radius 1 is 0.857 bits per heavy atom. The molecule has 2 aromatic carbocycles. The Kier molecular flexibility index (Phi) is 7.70. The van der Waals surface area contributed by atoms with Crippen LogP contribution < -0.4 is 0 Å². The van der Waals surface area contributed by atoms with Gasteiger partial charge in [-0.05, 0) is 23.8 Å². The first-order valence-corrected chi connectivity index (χ1v) is 11.0. The van der Waals surface area contributed by atoms with Gasteiger partial charge in [0, 0.05) is 11.1 Å². The molecule has 0 aliphatic carbocycles. The summed E-state index contributed by atoms with van der Waals surface area (Å²) in [5.74, 6) is 0.998. The number of benzene rings is 2. The number of unbranched alkanes of at least 4 members (excludes halogenated alkanes) is 4. The zero-order valence-electron chi connectivity index (χ0n) is 16.4. The summed E-state index contributed by atoms with van der Waals surface area (Å²) in [6.07, 6.45) is 6.25. The van der Waals surface area contributed by atoms with Crippen LogP contribution in [0.25, 0.3) is 22.4 Å². The summed E-state index contributed by atoms with van der Waals surface area (Å²) >= 11 is 1.71. The molecule has 0 spiro atoms. The summed E-state index contributed by atoms with van der Waals surface area (Å²) in [5.41, 5.74) is 4.71. The van der Waals surface area contributed by atoms with Crippen LogP contribution >= 0.6 is 11.8 Å². The van der Waals surface area contributed by atoms with E-state index in [1.807, 2.05) is 36.4 Å². The lowest BCUT2D eigenvalue weighted by Gasteiger charge is -2.12. The molecule has 1 heterocycles. The van der Waals surface area contributed by atoms with Gasteiger partial charge in [0.15, 0.2) is 0 Å². The van der Waals surface area contributed by atoms with Crippen LogP contribution in [-0.2, 0) is 0 Å². The standard InChI is InChI=1S/C25H26N2S/c1-2-3-4-5-12-17-28-25-23(19-26)22(20-13-8-6-9-14-20)18-24(27-25)21-15-10-7-11-16-21/h6-11,13-16,18H,2-5,12,17H2,1H3. The monoisotopic (exact) mass is 386 g/mol. The highest BCUT2D eigenvalue weighted by Gasteiger charge is 2.15. The van der Waals surface area contributed by atoms with E-state index in [9.17, 15) is 5.26 Å². The van der Waals surface area contributed by atoms with E-state index in [1.165, 1.54) is 25.7 Å². The number of hydrogen-bond donors (Lipinski definition) is 0. The molecule has 0 unspecified atom stereocenters. The summed E-state index contributed by atoms with van der Waals surface area (Å²) in [5, 5.41) is 10.7. The molecule has 0 aliphatic rings. The van der Waals surface area contributed by atoms with Gasteiger partial charge < -0.3 is 0 Å². The summed E-state index contributed by atoms with van der Waals surface area (Å²) < 4.78 is 0. The molecule has 0 aliphatic heterocycles. The fourth-order valence-electron chi connectivity index (χ4n) is 3.21. The van der Waals surface area contributed by atoms with E-state index in [0.717, 1.165) is 39.6 Å². The van der Waals surface area contributed by atoms with Gasteiger partial charge in [-0.2, -0.15) is 5.26 Å². The predicted octanol–water partition coefficient (Wildman–Crippen LogP) is 7.35. The summed E-state index contributed by atoms with van der Waals surface area (Å²) in [7, 11) is 0. The smallest absolute Gasteiger partial charge is 0.115 e. The van der Waals surface area contributed by atoms with Crippen molar-refractivity contribution in [2.24, 2.45) is 0 Å². The number of nitriles is 1. The lowest BCUT2D eigenvalue weighted by molar-refractivity contribution is 0.659. The van der Waals surface area contributed by atoms with Gasteiger partial charge in [0.25, 0.3) is 0 Å². The lowest BCUT2D eigenvalue weighted by atomic mass is 9.99. The van der Waals surface area contributed by atoms with Crippen molar-refractivity contribution in [1.29, 1.82) is 5.26 Å². The maximum Gasteiger partial charge on any atom is 0.115 e. The molecule has 2 nitrogen and oxygen atoms in total. The first-order chi connectivity index (χ1) is 13.8. The third-order valence-corrected chi connectivity index (χ3v) is 5.80. The van der Waals surface area contributed by atoms with Gasteiger partial charge in [-0.25, -0.2) is 4.98 Å². The van der Waals surface area contributed by atoms with E-state index in [1.54, 1.807) is 11.8 Å². The van der Waals surface area contributed by atoms with Gasteiger partial charge in [-0.1, -0.05) is 93.3 Å². The molecule has 0 bridgehead atoms. The van der Waals surface area contributed by atoms with E-state index < -0.39 is 0 Å². The highest BCUT2D eigenvalue weighted by atomic mass is 32.2. The van der Waals surface area contributed by atoms with Crippen molar-refractivity contribution >= 4 is 11.8 Å². The zero-order valence-corrected chi connectivity index (χ0v) is 17.2. The van der Waals surface area contributed by atoms with Crippen LogP contribution in [0.5, 0.6) is 0 Å². The number of hydrogen-bond acceptors (Lipinski definition) is 3. The molecule has 0 amide bonds. The Labute approximate surface area is 172 Å². The Balaban J connectivity index is 1.94. The van der Waals surface area contributed by atoms with Crippen LogP contribution in [-0.4, -0.2) is 10.7 Å². The Morgan fingerprint density at radius 2 is 1.50 bits per heavy atom. The molecule has 0 N–H and O–H groups in total. The summed E-state index contributed by atoms with van der Waals surface area (Å²) in [6.45, 7) is 2.23. The number of thioether (sulfide) groups is 1. The van der Waals surface area contributed by atoms with E-state index in [4.69, 9.17) is 4.98 Å². The van der Waals surface area contributed by atoms with Gasteiger partial charge in [0.1, 0.15) is 11.1 Å². The van der Waals surface area contributed by atoms with E-state index in [-0.39, 0.29) is 0 Å². The van der Waals surface area contributed by atoms with Crippen molar-refractivity contribution in [1.82, 2.24) is 4.98 Å². The van der Waals surface area contributed by atoms with Gasteiger partial charge >= 0.3 is 0 Å². The first-order valence-electron chi connectivity index (χ1n) is 10.0. The lowest BCUT2D eigenvalue weighted by Crippen LogP contribution is -1.96. The molecule has 0 radical (unpaired) electrons. The van der Waals surface area contributed by atoms with Gasteiger partial charge in [-0.3, -0.25) is 0 Å². The maximum absolute atomic E-state index is 9.89. The topological polar surface area (TPSA) is 36.7 Å². The molecular formula is C25H26N2S. The minimum absolute atomic E-state index is 0.685. The van der Waals surface area contributed by atoms with Crippen molar-refractivity contribution in [3.8, 4) is 28.5 Å². The van der Waals surface area contributed by atoms with Crippen molar-refractivity contribution in [2.75, 3.05) is 5.75 Å². The molecule has 0 atom stereocenters. The largest absolute Gasteiger partial charge is 0.240 e. The second-order valence-corrected chi connectivity index (χ2v) is 7.93. The Morgan fingerprint density at radius 3 is 2.14 bits per heavy atom. The molecule has 0 saturated heterocycles. The number of nitrogens with zero attached hydrogens (tertiary/aromatic N) is 2. The highest BCUT2D eigenvalue weighted by Crippen LogP contribution is 2.34. The second kappa shape index (κ2) is 10.7. The Bertz CT molecular complexity index is 915. The van der Waals surface area contributed by atoms with Crippen molar-refractivity contribution in [3.63, 3.8) is 0 Å². The van der Waals surface area contributed by atoms with Crippen molar-refractivity contribution in [3.05, 3.63) is 72.3 Å². The summed E-state index contributed by atoms with van der Waals surface area (Å²) in [4.78, 5) is 4.87. The van der Waals surface area contributed by atoms with Crippen LogP contribution in [0.3, 0.4) is 0 Å². The maximum atomic E-state index is 9.89. The minimum atomic E-state index is 0.685. The molecule has 0 fully saturated rings. The number of aromatic nitrogens is 1. The minimum Gasteiger partial charge on any atom is -0.240 e. The van der Waals surface area contributed by atoms with Gasteiger partial charge in [0.05, 0.1) is 11.3 Å². The van der Waals surface area contributed by atoms with Crippen LogP contribution in [0.2, 0.25) is 0 Å². The SMILES string of the molecule is CCCCCCCSc1nc(-c2ccccc2)cc(-c2ccccc2)c1C#N. The Hall–Kier alpha value is -2.57. The predicted molar refractivity (Wildman–Crippen MR) is 119 cm³/mol. The number of rotatable bonds is 9. The molecular weight excluding hydrogens is 360 g/mol. The molecule has 1 aromatic heterocycles. The number of pyridine rings is 1. The van der Waals surface area contributed by atoms with Crippen LogP contribution in [0.4, 0.5) is 0 Å². The average molecular weight is 387 g/mol. The fourth-order valence-corrected chi connectivity index (χ4v) is 4.22. The fraction of sp³-hybridized carbons (Fsp3) is 0.280. The van der Waals surface area contributed by atoms with Crippen molar-refractivity contribution < 1.29 is 0 Å². The van der Waals surface area contributed by atoms with Crippen molar-refractivity contribution in [2.45, 2.75) is 44.1 Å². The highest BCUT2D eigenvalue weighted by molar-refractivity contribution is 7.99. The van der Waals surface area contributed by atoms with E-state index >= 15 is 0 Å². The molecule has 0 saturated carbocycles. The third kappa shape index (κ3) is 5.24. The third-order valence-electron chi connectivity index (χ3n) is 4.74. The van der Waals surface area contributed by atoms with Crippen LogP contribution in [0.15, 0.2) is 71.8 Å². The average Bonchev–Trinajstić information content (AvgIpc) is 2.76. The quantitative estimate of drug-likeness (QED) is 0.285. The van der Waals surface area contributed by atoms with Gasteiger partial charge in [0.2, 0.25) is 0 Å². The second-order valence-electron chi connectivity index (χ2n) is 6.84. The molecule has 28 heavy (non-hydrogen) atoms. The zero-order chi connectivity index (χ0) is 19.6. The van der Waals surface area contributed by atoms with E-state index in [2.05, 4.69) is 43.3 Å². The van der Waals surface area contributed by atoms with Crippen LogP contribution in [0, 0.1) is 11.3 Å². The molecule has 3 aromatic rings. The molecule has 3 heteroatoms. The molecule has 142 valence electrons. The van der Waals surface area contributed by atoms with E-state index in [0.29, 0.717) is 5.56 Å². The van der Waals surface area contributed by atoms with Gasteiger partial charge in [-0.15, -0.1) is 11.8 Å². The summed E-state index contributed by atoms with van der Waals surface area (Å²) in [6, 6.07) is 24.8. The van der Waals surface area contributed by atoms with Crippen LogP contribution in [0.1, 0.15) is 44.6 Å². The normalized spacial score (nSPS) is 10.6.